The Bertz CT molecular complexity index is 432. The first kappa shape index (κ1) is 12.2. The Kier molecular flexibility index (Phi) is 3.21. The second-order valence-electron chi connectivity index (χ2n) is 4.18. The molecule has 2 N–H and O–H groups in total. The third-order valence-electron chi connectivity index (χ3n) is 2.81. The molecule has 4 heteroatoms. The zero-order chi connectivity index (χ0) is 11.7. The first-order chi connectivity index (χ1) is 6.79. The van der Waals surface area contributed by atoms with Crippen LogP contribution in [0.2, 0.25) is 0 Å². The van der Waals surface area contributed by atoms with Crippen LogP contribution < -0.4 is 5.73 Å². The van der Waals surface area contributed by atoms with Gasteiger partial charge in [-0.3, -0.25) is 0 Å². The summed E-state index contributed by atoms with van der Waals surface area (Å²) in [5.74, 6) is 0. The lowest BCUT2D eigenvalue weighted by molar-refractivity contribution is 0.561. The summed E-state index contributed by atoms with van der Waals surface area (Å²) in [5.41, 5.74) is 7.27. The van der Waals surface area contributed by atoms with Crippen LogP contribution in [0, 0.1) is 0 Å². The van der Waals surface area contributed by atoms with Crippen molar-refractivity contribution >= 4 is 9.84 Å². The Labute approximate surface area is 91.2 Å². The molecule has 0 aromatic heterocycles. The van der Waals surface area contributed by atoms with E-state index in [1.165, 1.54) is 6.26 Å². The van der Waals surface area contributed by atoms with Gasteiger partial charge in [-0.2, -0.15) is 0 Å². The van der Waals surface area contributed by atoms with E-state index in [0.29, 0.717) is 6.54 Å². The van der Waals surface area contributed by atoms with Crippen molar-refractivity contribution in [1.29, 1.82) is 0 Å². The van der Waals surface area contributed by atoms with Gasteiger partial charge in [0.2, 0.25) is 0 Å². The molecule has 0 aliphatic carbocycles. The average molecular weight is 227 g/mol. The van der Waals surface area contributed by atoms with Crippen LogP contribution in [0.3, 0.4) is 0 Å². The highest BCUT2D eigenvalue weighted by atomic mass is 32.2. The van der Waals surface area contributed by atoms with Gasteiger partial charge in [0.1, 0.15) is 0 Å². The van der Waals surface area contributed by atoms with Crippen LogP contribution >= 0.6 is 0 Å². The van der Waals surface area contributed by atoms with E-state index in [2.05, 4.69) is 0 Å². The summed E-state index contributed by atoms with van der Waals surface area (Å²) in [5, 5.41) is 0. The van der Waals surface area contributed by atoms with Gasteiger partial charge in [0.25, 0.3) is 0 Å². The Morgan fingerprint density at radius 1 is 1.20 bits per heavy atom. The number of nitrogens with two attached hydrogens (primary N) is 1. The van der Waals surface area contributed by atoms with Gasteiger partial charge in [-0.15, -0.1) is 0 Å². The van der Waals surface area contributed by atoms with Crippen molar-refractivity contribution in [3.63, 3.8) is 0 Å². The van der Waals surface area contributed by atoms with E-state index < -0.39 is 14.6 Å². The average Bonchev–Trinajstić information content (AvgIpc) is 2.16. The predicted octanol–water partition coefficient (Wildman–Crippen LogP) is 1.43. The van der Waals surface area contributed by atoms with Crippen molar-refractivity contribution in [2.24, 2.45) is 5.73 Å². The summed E-state index contributed by atoms with van der Waals surface area (Å²) in [6, 6.07) is 7.37. The number of hydrogen-bond acceptors (Lipinski definition) is 3. The van der Waals surface area contributed by atoms with Crippen LogP contribution in [0.15, 0.2) is 24.3 Å². The molecule has 0 heterocycles. The zero-order valence-electron chi connectivity index (χ0n) is 9.32. The quantitative estimate of drug-likeness (QED) is 0.849. The molecule has 0 fully saturated rings. The maximum atomic E-state index is 11.6. The van der Waals surface area contributed by atoms with E-state index in [4.69, 9.17) is 5.73 Å². The van der Waals surface area contributed by atoms with Gasteiger partial charge >= 0.3 is 0 Å². The molecule has 0 saturated heterocycles. The fraction of sp³-hybridized carbons (Fsp3) is 0.455. The molecule has 0 bridgehead atoms. The highest BCUT2D eigenvalue weighted by Gasteiger charge is 2.31. The normalized spacial score (nSPS) is 12.8. The smallest absolute Gasteiger partial charge is 0.156 e. The molecule has 1 aromatic carbocycles. The van der Waals surface area contributed by atoms with Crippen molar-refractivity contribution < 1.29 is 8.42 Å². The van der Waals surface area contributed by atoms with Gasteiger partial charge in [-0.25, -0.2) is 8.42 Å². The molecule has 3 nitrogen and oxygen atoms in total. The maximum absolute atomic E-state index is 11.6. The lowest BCUT2D eigenvalue weighted by Gasteiger charge is -2.23. The topological polar surface area (TPSA) is 60.2 Å². The molecular weight excluding hydrogens is 210 g/mol. The monoisotopic (exact) mass is 227 g/mol. The van der Waals surface area contributed by atoms with E-state index in [1.807, 2.05) is 24.3 Å². The maximum Gasteiger partial charge on any atom is 0.156 e. The van der Waals surface area contributed by atoms with Gasteiger partial charge in [0, 0.05) is 12.8 Å². The molecule has 1 aromatic rings. The Morgan fingerprint density at radius 3 is 2.00 bits per heavy atom. The second-order valence-corrected chi connectivity index (χ2v) is 6.75. The zero-order valence-corrected chi connectivity index (χ0v) is 10.1. The van der Waals surface area contributed by atoms with E-state index in [0.717, 1.165) is 11.1 Å². The minimum atomic E-state index is -3.11. The molecule has 0 aliphatic heterocycles. The van der Waals surface area contributed by atoms with Crippen molar-refractivity contribution in [3.8, 4) is 0 Å². The number of hydrogen-bond donors (Lipinski definition) is 1. The first-order valence-corrected chi connectivity index (χ1v) is 6.67. The lowest BCUT2D eigenvalue weighted by Crippen LogP contribution is -2.27. The number of sulfone groups is 1. The third-order valence-corrected chi connectivity index (χ3v) is 4.90. The molecule has 1 rings (SSSR count). The molecule has 0 amide bonds. The predicted molar refractivity (Wildman–Crippen MR) is 62.2 cm³/mol. The van der Waals surface area contributed by atoms with Crippen LogP contribution in [-0.2, 0) is 21.1 Å². The van der Waals surface area contributed by atoms with Crippen LogP contribution in [-0.4, -0.2) is 14.7 Å². The minimum absolute atomic E-state index is 0.472. The fourth-order valence-corrected chi connectivity index (χ4v) is 1.82. The Hall–Kier alpha value is -0.870. The SMILES string of the molecule is CC(C)(c1ccc(CN)cc1)S(C)(=O)=O. The summed E-state index contributed by atoms with van der Waals surface area (Å²) >= 11 is 0. The molecular formula is C11H17NO2S. The third kappa shape index (κ3) is 2.38. The van der Waals surface area contributed by atoms with Gasteiger partial charge in [0.05, 0.1) is 4.75 Å². The van der Waals surface area contributed by atoms with Crippen molar-refractivity contribution in [3.05, 3.63) is 35.4 Å². The fourth-order valence-electron chi connectivity index (χ4n) is 1.26. The highest BCUT2D eigenvalue weighted by molar-refractivity contribution is 7.91. The second kappa shape index (κ2) is 3.94. The summed E-state index contributed by atoms with van der Waals surface area (Å²) in [7, 11) is -3.11. The van der Waals surface area contributed by atoms with Crippen LogP contribution in [0.1, 0.15) is 25.0 Å². The summed E-state index contributed by atoms with van der Waals surface area (Å²) in [4.78, 5) is 0. The molecule has 0 radical (unpaired) electrons. The molecule has 0 spiro atoms. The Balaban J connectivity index is 3.17. The molecule has 0 atom stereocenters. The molecule has 84 valence electrons. The van der Waals surface area contributed by atoms with Gasteiger partial charge in [0.15, 0.2) is 9.84 Å². The van der Waals surface area contributed by atoms with Crippen molar-refractivity contribution in [1.82, 2.24) is 0 Å². The number of benzene rings is 1. The number of rotatable bonds is 3. The van der Waals surface area contributed by atoms with Crippen molar-refractivity contribution in [2.75, 3.05) is 6.26 Å². The molecule has 0 unspecified atom stereocenters. The standard InChI is InChI=1S/C11H17NO2S/c1-11(2,15(3,13)14)10-6-4-9(8-12)5-7-10/h4-7H,8,12H2,1-3H3. The molecule has 0 aliphatic rings. The highest BCUT2D eigenvalue weighted by Crippen LogP contribution is 2.28. The summed E-state index contributed by atoms with van der Waals surface area (Å²) in [6.45, 7) is 3.89. The van der Waals surface area contributed by atoms with Crippen LogP contribution in [0.4, 0.5) is 0 Å². The Morgan fingerprint density at radius 2 is 1.67 bits per heavy atom. The van der Waals surface area contributed by atoms with E-state index in [-0.39, 0.29) is 0 Å². The summed E-state index contributed by atoms with van der Waals surface area (Å²) in [6.07, 6.45) is 1.25. The molecule has 0 saturated carbocycles. The van der Waals surface area contributed by atoms with E-state index in [9.17, 15) is 8.42 Å². The summed E-state index contributed by atoms with van der Waals surface area (Å²) < 4.78 is 22.3. The van der Waals surface area contributed by atoms with Crippen molar-refractivity contribution in [2.45, 2.75) is 25.1 Å². The van der Waals surface area contributed by atoms with E-state index in [1.54, 1.807) is 13.8 Å². The van der Waals surface area contributed by atoms with Crippen LogP contribution in [0.5, 0.6) is 0 Å². The minimum Gasteiger partial charge on any atom is -0.326 e. The van der Waals surface area contributed by atoms with Gasteiger partial charge in [-0.05, 0) is 25.0 Å². The first-order valence-electron chi connectivity index (χ1n) is 4.78. The lowest BCUT2D eigenvalue weighted by atomic mass is 10.0. The molecule has 15 heavy (non-hydrogen) atoms. The van der Waals surface area contributed by atoms with Gasteiger partial charge in [-0.1, -0.05) is 24.3 Å². The van der Waals surface area contributed by atoms with E-state index >= 15 is 0 Å². The largest absolute Gasteiger partial charge is 0.326 e. The van der Waals surface area contributed by atoms with Gasteiger partial charge < -0.3 is 5.73 Å². The van der Waals surface area contributed by atoms with Crippen LogP contribution in [0.25, 0.3) is 0 Å².